The number of pyridine rings is 1. The Morgan fingerprint density at radius 2 is 1.93 bits per heavy atom. The van der Waals surface area contributed by atoms with E-state index >= 15 is 0 Å². The van der Waals surface area contributed by atoms with Crippen molar-refractivity contribution in [1.82, 2.24) is 29.8 Å². The van der Waals surface area contributed by atoms with Gasteiger partial charge in [-0.05, 0) is 13.8 Å². The number of nitrogen functional groups attached to an aromatic ring is 1. The molecule has 21 nitrogen and oxygen atoms in total. The Balaban J connectivity index is 1.54. The predicted molar refractivity (Wildman–Crippen MR) is 147 cm³/mol. The molecular formula is C22H22N8O13S2. The lowest BCUT2D eigenvalue weighted by Crippen LogP contribution is -2.74. The number of carboxylic acid groups (broad SMARTS) is 1. The van der Waals surface area contributed by atoms with Gasteiger partial charge in [0.15, 0.2) is 28.0 Å². The molecule has 8 N–H and O–H groups in total. The van der Waals surface area contributed by atoms with Gasteiger partial charge >= 0.3 is 16.3 Å². The summed E-state index contributed by atoms with van der Waals surface area (Å²) in [4.78, 5) is 70.5. The van der Waals surface area contributed by atoms with Crippen molar-refractivity contribution < 1.29 is 56.9 Å². The summed E-state index contributed by atoms with van der Waals surface area (Å²) in [5, 5.41) is 41.3. The second kappa shape index (κ2) is 11.9. The van der Waals surface area contributed by atoms with Crippen molar-refractivity contribution in [2.24, 2.45) is 5.16 Å². The van der Waals surface area contributed by atoms with Gasteiger partial charge in [-0.3, -0.25) is 23.7 Å². The highest BCUT2D eigenvalue weighted by atomic mass is 32.2. The van der Waals surface area contributed by atoms with Crippen LogP contribution in [-0.2, 0) is 29.5 Å². The van der Waals surface area contributed by atoms with E-state index in [0.29, 0.717) is 10.9 Å². The fourth-order valence-electron chi connectivity index (χ4n) is 3.66. The highest BCUT2D eigenvalue weighted by Gasteiger charge is 2.54. The van der Waals surface area contributed by atoms with Crippen molar-refractivity contribution in [2.45, 2.75) is 31.5 Å². The van der Waals surface area contributed by atoms with Crippen LogP contribution in [0.25, 0.3) is 11.5 Å². The number of carboxylic acids is 1. The number of thiazole rings is 1. The van der Waals surface area contributed by atoms with E-state index in [2.05, 4.69) is 25.9 Å². The summed E-state index contributed by atoms with van der Waals surface area (Å²) in [7, 11) is -5.18. The van der Waals surface area contributed by atoms with Gasteiger partial charge in [-0.15, -0.1) is 11.3 Å². The van der Waals surface area contributed by atoms with Gasteiger partial charge in [0, 0.05) is 24.1 Å². The van der Waals surface area contributed by atoms with Crippen LogP contribution < -0.4 is 21.8 Å². The summed E-state index contributed by atoms with van der Waals surface area (Å²) < 4.78 is 38.6. The first kappa shape index (κ1) is 32.4. The van der Waals surface area contributed by atoms with Gasteiger partial charge in [-0.1, -0.05) is 10.3 Å². The highest BCUT2D eigenvalue weighted by Crippen LogP contribution is 2.25. The van der Waals surface area contributed by atoms with E-state index in [1.165, 1.54) is 5.38 Å². The Morgan fingerprint density at radius 3 is 2.53 bits per heavy atom. The maximum Gasteiger partial charge on any atom is 0.362 e. The van der Waals surface area contributed by atoms with E-state index in [4.69, 9.17) is 15.1 Å². The van der Waals surface area contributed by atoms with E-state index in [9.17, 15) is 52.4 Å². The number of aromatic nitrogens is 3. The second-order valence-corrected chi connectivity index (χ2v) is 11.8. The van der Waals surface area contributed by atoms with Gasteiger partial charge in [-0.25, -0.2) is 14.1 Å². The minimum Gasteiger partial charge on any atom is -0.503 e. The quantitative estimate of drug-likeness (QED) is 0.0381. The Bertz CT molecular complexity index is 1900. The standard InChI is InChI=1S/C22H22N8O13S2/c1-22(2,20(36)37)43-28-15(9-7-44-21(23)25-9)18(34)26-16-11(30(19(16)35)45(39,40)41)5-24-17(33)8-3-14(42-27-8)10-4-12(31)13(32)6-29(10)38/h3-4,6-7,11,16,32,38H,5H2,1-2H3,(H2,23,25)(H,24,33)(H,26,34)(H,36,37)(H,39,40,41)/b28-15-/t11-,16+/m1/s1. The lowest BCUT2D eigenvalue weighted by atomic mass is 9.98. The van der Waals surface area contributed by atoms with Crippen LogP contribution in [0.3, 0.4) is 0 Å². The minimum atomic E-state index is -5.18. The molecular weight excluding hydrogens is 648 g/mol. The summed E-state index contributed by atoms with van der Waals surface area (Å²) in [6.07, 6.45) is 0.671. The van der Waals surface area contributed by atoms with Crippen LogP contribution in [0.15, 0.2) is 38.2 Å². The first-order valence-corrected chi connectivity index (χ1v) is 14.4. The van der Waals surface area contributed by atoms with E-state index < -0.39 is 80.8 Å². The van der Waals surface area contributed by atoms with Gasteiger partial charge in [0.1, 0.15) is 17.4 Å². The molecule has 0 bridgehead atoms. The monoisotopic (exact) mass is 670 g/mol. The number of rotatable bonds is 11. The smallest absolute Gasteiger partial charge is 0.362 e. The van der Waals surface area contributed by atoms with Crippen molar-refractivity contribution >= 4 is 56.2 Å². The van der Waals surface area contributed by atoms with Crippen molar-refractivity contribution in [1.29, 1.82) is 0 Å². The fourth-order valence-corrected chi connectivity index (χ4v) is 5.09. The number of oxime groups is 1. The summed E-state index contributed by atoms with van der Waals surface area (Å²) >= 11 is 0.888. The third-order valence-corrected chi connectivity index (χ3v) is 7.66. The number of amides is 3. The molecule has 1 aliphatic heterocycles. The van der Waals surface area contributed by atoms with Gasteiger partial charge < -0.3 is 41.1 Å². The van der Waals surface area contributed by atoms with Gasteiger partial charge in [-0.2, -0.15) is 13.1 Å². The van der Waals surface area contributed by atoms with Crippen LogP contribution in [-0.4, -0.2) is 101 Å². The van der Waals surface area contributed by atoms with E-state index in [-0.39, 0.29) is 26.6 Å². The van der Waals surface area contributed by atoms with E-state index in [1.807, 2.05) is 0 Å². The Morgan fingerprint density at radius 1 is 1.24 bits per heavy atom. The number of nitrogens with two attached hydrogens (primary N) is 1. The maximum atomic E-state index is 13.2. The molecule has 1 aliphatic rings. The number of nitrogens with one attached hydrogen (secondary N) is 2. The molecule has 45 heavy (non-hydrogen) atoms. The topological polar surface area (TPSA) is 319 Å². The molecule has 0 radical (unpaired) electrons. The summed E-state index contributed by atoms with van der Waals surface area (Å²) in [5.41, 5.74) is 1.28. The zero-order chi connectivity index (χ0) is 33.4. The van der Waals surface area contributed by atoms with E-state index in [1.54, 1.807) is 0 Å². The van der Waals surface area contributed by atoms with Gasteiger partial charge in [0.2, 0.25) is 11.0 Å². The van der Waals surface area contributed by atoms with Crippen molar-refractivity contribution in [3.63, 3.8) is 0 Å². The van der Waals surface area contributed by atoms with Crippen LogP contribution in [0.1, 0.15) is 30.0 Å². The highest BCUT2D eigenvalue weighted by molar-refractivity contribution is 7.84. The largest absolute Gasteiger partial charge is 0.503 e. The average Bonchev–Trinajstić information content (AvgIpc) is 3.60. The zero-order valence-electron chi connectivity index (χ0n) is 22.8. The van der Waals surface area contributed by atoms with Gasteiger partial charge in [0.25, 0.3) is 17.7 Å². The molecule has 1 saturated heterocycles. The molecule has 3 aromatic heterocycles. The van der Waals surface area contributed by atoms with Crippen molar-refractivity contribution in [3.05, 3.63) is 45.3 Å². The van der Waals surface area contributed by atoms with Crippen LogP contribution in [0, 0.1) is 0 Å². The van der Waals surface area contributed by atoms with Crippen molar-refractivity contribution in [2.75, 3.05) is 12.3 Å². The molecule has 0 aliphatic carbocycles. The maximum absolute atomic E-state index is 13.2. The summed E-state index contributed by atoms with van der Waals surface area (Å²) in [5.74, 6) is -6.00. The number of carbonyl (C=O) groups is 4. The molecule has 1 fully saturated rings. The van der Waals surface area contributed by atoms with Crippen LogP contribution in [0.2, 0.25) is 0 Å². The number of aliphatic carboxylic acids is 1. The SMILES string of the molecule is CC(C)(O/N=C(\C(=O)N[C@@H]1C(=O)N(S(=O)(=O)O)[C@@H]1CNC(=O)c1cc(-c2cc(=O)c(O)cn2O)on1)c1csc(N)n1)C(=O)O. The number of anilines is 1. The average molecular weight is 671 g/mol. The molecule has 240 valence electrons. The number of β-lactam (4-membered cyclic amide) rings is 1. The molecule has 0 saturated carbocycles. The van der Waals surface area contributed by atoms with Crippen molar-refractivity contribution in [3.8, 4) is 17.2 Å². The molecule has 2 atom stereocenters. The van der Waals surface area contributed by atoms with Crippen LogP contribution >= 0.6 is 11.3 Å². The molecule has 23 heteroatoms. The number of hydrogen-bond acceptors (Lipinski definition) is 16. The molecule has 4 heterocycles. The number of aromatic hydroxyl groups is 1. The summed E-state index contributed by atoms with van der Waals surface area (Å²) in [6, 6.07) is -1.49. The Hall–Kier alpha value is -5.55. The van der Waals surface area contributed by atoms with E-state index in [0.717, 1.165) is 37.3 Å². The number of carbonyl (C=O) groups excluding carboxylic acids is 3. The molecule has 4 rings (SSSR count). The summed E-state index contributed by atoms with van der Waals surface area (Å²) in [6.45, 7) is 1.57. The molecule has 0 spiro atoms. The second-order valence-electron chi connectivity index (χ2n) is 9.59. The first-order chi connectivity index (χ1) is 20.9. The first-order valence-electron chi connectivity index (χ1n) is 12.1. The number of nitrogens with zero attached hydrogens (tertiary/aromatic N) is 5. The van der Waals surface area contributed by atoms with Crippen LogP contribution in [0.5, 0.6) is 5.75 Å². The lowest BCUT2D eigenvalue weighted by molar-refractivity contribution is -0.161. The minimum absolute atomic E-state index is 0.00492. The fraction of sp³-hybridized carbons (Fsp3) is 0.273. The third kappa shape index (κ3) is 6.68. The molecule has 0 aromatic carbocycles. The Labute approximate surface area is 254 Å². The molecule has 3 aromatic rings. The Kier molecular flexibility index (Phi) is 8.53. The third-order valence-electron chi connectivity index (χ3n) is 6.04. The van der Waals surface area contributed by atoms with Crippen LogP contribution in [0.4, 0.5) is 5.13 Å². The molecule has 0 unspecified atom stereocenters. The van der Waals surface area contributed by atoms with Gasteiger partial charge in [0.05, 0.1) is 12.2 Å². The normalized spacial score (nSPS) is 17.0. The zero-order valence-corrected chi connectivity index (χ0v) is 24.4. The molecule has 3 amide bonds. The number of hydrogen-bond donors (Lipinski definition) is 7. The lowest BCUT2D eigenvalue weighted by Gasteiger charge is -2.44. The predicted octanol–water partition coefficient (Wildman–Crippen LogP) is -2.00.